The van der Waals surface area contributed by atoms with Crippen molar-refractivity contribution in [2.45, 2.75) is 11.9 Å². The highest BCUT2D eigenvalue weighted by Crippen LogP contribution is 2.28. The van der Waals surface area contributed by atoms with E-state index in [1.165, 1.54) is 28.7 Å². The monoisotopic (exact) mass is 472 g/mol. The van der Waals surface area contributed by atoms with Crippen molar-refractivity contribution in [2.75, 3.05) is 18.2 Å². The number of hydrogen-bond acceptors (Lipinski definition) is 7. The lowest BCUT2D eigenvalue weighted by atomic mass is 10.1. The van der Waals surface area contributed by atoms with Crippen LogP contribution in [0.25, 0.3) is 22.5 Å². The van der Waals surface area contributed by atoms with Gasteiger partial charge in [-0.25, -0.2) is 9.97 Å². The van der Waals surface area contributed by atoms with E-state index < -0.39 is 0 Å². The van der Waals surface area contributed by atoms with E-state index in [0.717, 1.165) is 28.3 Å². The molecule has 0 radical (unpaired) electrons. The fourth-order valence-corrected chi connectivity index (χ4v) is 4.54. The van der Waals surface area contributed by atoms with E-state index in [1.54, 1.807) is 19.2 Å². The van der Waals surface area contributed by atoms with E-state index >= 15 is 0 Å². The van der Waals surface area contributed by atoms with Crippen LogP contribution < -0.4 is 10.1 Å². The molecule has 2 heterocycles. The van der Waals surface area contributed by atoms with Crippen molar-refractivity contribution in [3.63, 3.8) is 0 Å². The first-order chi connectivity index (χ1) is 16.1. The molecule has 1 N–H and O–H groups in total. The predicted octanol–water partition coefficient (Wildman–Crippen LogP) is 5.79. The van der Waals surface area contributed by atoms with Gasteiger partial charge in [-0.15, -0.1) is 11.3 Å². The number of nitrogens with zero attached hydrogens (tertiary/aromatic N) is 3. The van der Waals surface area contributed by atoms with Gasteiger partial charge in [0.2, 0.25) is 5.91 Å². The average molecular weight is 473 g/mol. The zero-order valence-electron chi connectivity index (χ0n) is 18.0. The van der Waals surface area contributed by atoms with Crippen molar-refractivity contribution < 1.29 is 9.53 Å². The van der Waals surface area contributed by atoms with Gasteiger partial charge in [0.05, 0.1) is 29.8 Å². The summed E-state index contributed by atoms with van der Waals surface area (Å²) in [6, 6.07) is 21.3. The van der Waals surface area contributed by atoms with Crippen LogP contribution in [0.4, 0.5) is 5.13 Å². The van der Waals surface area contributed by atoms with Crippen LogP contribution in [0.1, 0.15) is 11.1 Å². The smallest absolute Gasteiger partial charge is 0.236 e. The number of nitrogens with one attached hydrogen (secondary N) is 1. The van der Waals surface area contributed by atoms with Crippen molar-refractivity contribution in [1.29, 1.82) is 5.26 Å². The Hall–Kier alpha value is -3.67. The highest BCUT2D eigenvalue weighted by Gasteiger charge is 2.13. The van der Waals surface area contributed by atoms with Gasteiger partial charge in [-0.3, -0.25) is 4.79 Å². The maximum absolute atomic E-state index is 12.5. The number of benzene rings is 2. The minimum absolute atomic E-state index is 0.118. The molecular weight excluding hydrogens is 452 g/mol. The number of anilines is 1. The maximum atomic E-state index is 12.5. The van der Waals surface area contributed by atoms with Crippen LogP contribution in [-0.4, -0.2) is 28.7 Å². The summed E-state index contributed by atoms with van der Waals surface area (Å²) in [6.07, 6.45) is 0. The lowest BCUT2D eigenvalue weighted by molar-refractivity contribution is -0.113. The van der Waals surface area contributed by atoms with Crippen LogP contribution in [-0.2, 0) is 4.79 Å². The summed E-state index contributed by atoms with van der Waals surface area (Å²) in [5, 5.41) is 15.3. The SMILES string of the molecule is COc1ccc(-c2ccc(C#N)c(SCC(=O)Nc3nc(-c4ccc(C)cc4)cs3)n2)cc1. The number of pyridine rings is 1. The molecule has 0 atom stereocenters. The third-order valence-electron chi connectivity index (χ3n) is 4.80. The summed E-state index contributed by atoms with van der Waals surface area (Å²) in [5.74, 6) is 0.671. The van der Waals surface area contributed by atoms with Crippen LogP contribution in [0.3, 0.4) is 0 Å². The summed E-state index contributed by atoms with van der Waals surface area (Å²) in [5.41, 5.74) is 5.07. The van der Waals surface area contributed by atoms with Gasteiger partial charge < -0.3 is 10.1 Å². The number of aromatic nitrogens is 2. The molecule has 164 valence electrons. The molecule has 0 spiro atoms. The first kappa shape index (κ1) is 22.5. The van der Waals surface area contributed by atoms with E-state index in [9.17, 15) is 10.1 Å². The van der Waals surface area contributed by atoms with Crippen molar-refractivity contribution in [1.82, 2.24) is 9.97 Å². The van der Waals surface area contributed by atoms with E-state index in [-0.39, 0.29) is 11.7 Å². The second-order valence-corrected chi connectivity index (χ2v) is 8.95. The highest BCUT2D eigenvalue weighted by atomic mass is 32.2. The molecule has 1 amide bonds. The number of carbonyl (C=O) groups is 1. The fraction of sp³-hybridized carbons (Fsp3) is 0.120. The molecule has 6 nitrogen and oxygen atoms in total. The molecule has 0 aliphatic rings. The van der Waals surface area contributed by atoms with Gasteiger partial charge in [0, 0.05) is 16.5 Å². The summed E-state index contributed by atoms with van der Waals surface area (Å²) < 4.78 is 5.19. The maximum Gasteiger partial charge on any atom is 0.236 e. The minimum atomic E-state index is -0.203. The van der Waals surface area contributed by atoms with Gasteiger partial charge in [-0.1, -0.05) is 41.6 Å². The molecule has 33 heavy (non-hydrogen) atoms. The van der Waals surface area contributed by atoms with Gasteiger partial charge in [0.15, 0.2) is 5.13 Å². The van der Waals surface area contributed by atoms with Crippen LogP contribution in [0, 0.1) is 18.3 Å². The number of amides is 1. The number of methoxy groups -OCH3 is 1. The van der Waals surface area contributed by atoms with Crippen molar-refractivity contribution in [2.24, 2.45) is 0 Å². The second kappa shape index (κ2) is 10.3. The van der Waals surface area contributed by atoms with E-state index in [0.29, 0.717) is 15.7 Å². The highest BCUT2D eigenvalue weighted by molar-refractivity contribution is 8.00. The van der Waals surface area contributed by atoms with E-state index in [1.807, 2.05) is 60.8 Å². The number of aryl methyl sites for hydroxylation is 1. The standard InChI is InChI=1S/C25H20N4O2S2/c1-16-3-5-18(6-4-16)22-14-33-25(28-22)29-23(30)15-32-24-19(13-26)9-12-21(27-24)17-7-10-20(31-2)11-8-17/h3-12,14H,15H2,1-2H3,(H,28,29,30). The number of ether oxygens (including phenoxy) is 1. The van der Waals surface area contributed by atoms with Crippen LogP contribution >= 0.6 is 23.1 Å². The third-order valence-corrected chi connectivity index (χ3v) is 6.55. The van der Waals surface area contributed by atoms with Crippen LogP contribution in [0.5, 0.6) is 5.75 Å². The Morgan fingerprint density at radius 2 is 1.73 bits per heavy atom. The predicted molar refractivity (Wildman–Crippen MR) is 133 cm³/mol. The quantitative estimate of drug-likeness (QED) is 0.343. The summed E-state index contributed by atoms with van der Waals surface area (Å²) >= 11 is 2.61. The largest absolute Gasteiger partial charge is 0.497 e. The molecule has 0 saturated carbocycles. The van der Waals surface area contributed by atoms with Gasteiger partial charge in [0.1, 0.15) is 16.8 Å². The number of carbonyl (C=O) groups excluding carboxylic acids is 1. The summed E-state index contributed by atoms with van der Waals surface area (Å²) in [7, 11) is 1.61. The number of thioether (sulfide) groups is 1. The topological polar surface area (TPSA) is 87.9 Å². The fourth-order valence-electron chi connectivity index (χ4n) is 3.04. The van der Waals surface area contributed by atoms with Crippen LogP contribution in [0.15, 0.2) is 71.1 Å². The summed E-state index contributed by atoms with van der Waals surface area (Å²) in [4.78, 5) is 21.6. The molecule has 8 heteroatoms. The van der Waals surface area contributed by atoms with Crippen molar-refractivity contribution in [3.8, 4) is 34.3 Å². The van der Waals surface area contributed by atoms with Gasteiger partial charge in [-0.05, 0) is 43.3 Å². The van der Waals surface area contributed by atoms with Crippen molar-refractivity contribution in [3.05, 3.63) is 77.2 Å². The molecular formula is C25H20N4O2S2. The Morgan fingerprint density at radius 3 is 2.42 bits per heavy atom. The zero-order chi connectivity index (χ0) is 23.2. The van der Waals surface area contributed by atoms with Crippen LogP contribution in [0.2, 0.25) is 0 Å². The molecule has 0 aliphatic heterocycles. The molecule has 0 fully saturated rings. The van der Waals surface area contributed by atoms with Gasteiger partial charge >= 0.3 is 0 Å². The number of hydrogen-bond donors (Lipinski definition) is 1. The molecule has 0 aliphatic carbocycles. The Balaban J connectivity index is 1.42. The second-order valence-electron chi connectivity index (χ2n) is 7.13. The van der Waals surface area contributed by atoms with Gasteiger partial charge in [0.25, 0.3) is 0 Å². The van der Waals surface area contributed by atoms with Crippen molar-refractivity contribution >= 4 is 34.1 Å². The summed E-state index contributed by atoms with van der Waals surface area (Å²) in [6.45, 7) is 2.04. The molecule has 4 rings (SSSR count). The number of rotatable bonds is 7. The molecule has 0 unspecified atom stereocenters. The molecule has 0 bridgehead atoms. The normalized spacial score (nSPS) is 10.5. The van der Waals surface area contributed by atoms with E-state index in [2.05, 4.69) is 21.4 Å². The molecule has 0 saturated heterocycles. The Morgan fingerprint density at radius 1 is 1.03 bits per heavy atom. The first-order valence-electron chi connectivity index (χ1n) is 10.1. The third kappa shape index (κ3) is 5.58. The molecule has 2 aromatic heterocycles. The minimum Gasteiger partial charge on any atom is -0.497 e. The van der Waals surface area contributed by atoms with E-state index in [4.69, 9.17) is 4.74 Å². The zero-order valence-corrected chi connectivity index (χ0v) is 19.7. The average Bonchev–Trinajstić information content (AvgIpc) is 3.31. The first-order valence-corrected chi connectivity index (χ1v) is 11.9. The Labute approximate surface area is 200 Å². The lowest BCUT2D eigenvalue weighted by Crippen LogP contribution is -2.14. The Bertz CT molecular complexity index is 1310. The lowest BCUT2D eigenvalue weighted by Gasteiger charge is -2.07. The number of nitriles is 1. The Kier molecular flexibility index (Phi) is 7.03. The molecule has 4 aromatic rings. The molecule has 2 aromatic carbocycles. The van der Waals surface area contributed by atoms with Gasteiger partial charge in [-0.2, -0.15) is 5.26 Å². The number of thiazole rings is 1.